The van der Waals surface area contributed by atoms with Gasteiger partial charge in [-0.3, -0.25) is 13.6 Å². The van der Waals surface area contributed by atoms with E-state index in [-0.39, 0.29) is 16.2 Å². The molecule has 3 unspecified atom stereocenters. The number of phosphoric ester groups is 1. The lowest BCUT2D eigenvalue weighted by Crippen LogP contribution is -2.19. The Morgan fingerprint density at radius 3 is 1.16 bits per heavy atom. The van der Waals surface area contributed by atoms with E-state index in [1.165, 1.54) is 0 Å². The van der Waals surface area contributed by atoms with Crippen molar-refractivity contribution >= 4 is 7.82 Å². The van der Waals surface area contributed by atoms with Gasteiger partial charge in [0.15, 0.2) is 0 Å². The van der Waals surface area contributed by atoms with Crippen molar-refractivity contribution < 1.29 is 18.1 Å². The second kappa shape index (κ2) is 11.1. The van der Waals surface area contributed by atoms with Gasteiger partial charge in [0.25, 0.3) is 0 Å². The molecule has 5 heteroatoms. The first-order chi connectivity index (χ1) is 15.2. The molecule has 32 heavy (non-hydrogen) atoms. The summed E-state index contributed by atoms with van der Waals surface area (Å²) in [7, 11) is -3.64. The SMILES string of the molecule is CC1(CCOP(=O)(OCCC2(C)C=CC=CC2)OCCC2(C)C=CC=CC2)C=CC=CC1. The Bertz CT molecular complexity index is 742. The largest absolute Gasteiger partial charge is 0.474 e. The predicted octanol–water partition coefficient (Wildman–Crippen LogP) is 7.88. The maximum atomic E-state index is 13.5. The molecule has 3 rings (SSSR count). The molecule has 0 amide bonds. The smallest absolute Gasteiger partial charge is 0.287 e. The van der Waals surface area contributed by atoms with Gasteiger partial charge < -0.3 is 0 Å². The molecular weight excluding hydrogens is 419 g/mol. The minimum Gasteiger partial charge on any atom is -0.287 e. The average molecular weight is 459 g/mol. The first-order valence-corrected chi connectivity index (χ1v) is 13.3. The van der Waals surface area contributed by atoms with Crippen LogP contribution in [0.15, 0.2) is 72.9 Å². The van der Waals surface area contributed by atoms with Gasteiger partial charge in [-0.1, -0.05) is 93.7 Å². The van der Waals surface area contributed by atoms with Gasteiger partial charge in [0.2, 0.25) is 0 Å². The standard InChI is InChI=1S/C27H39O4P/c1-25(13-7-4-8-14-25)19-22-29-32(28,30-23-20-26(2)15-9-5-10-16-26)31-24-21-27(3)17-11-6-12-18-27/h4-13,15,17H,14,16,18-24H2,1-3H3. The molecule has 4 nitrogen and oxygen atoms in total. The molecule has 0 saturated carbocycles. The molecule has 0 aromatic rings. The molecule has 0 aromatic heterocycles. The molecule has 3 aliphatic rings. The summed E-state index contributed by atoms with van der Waals surface area (Å²) < 4.78 is 31.0. The maximum absolute atomic E-state index is 13.5. The fourth-order valence-electron chi connectivity index (χ4n) is 4.16. The van der Waals surface area contributed by atoms with E-state index in [1.807, 2.05) is 0 Å². The minimum atomic E-state index is -3.64. The fourth-order valence-corrected chi connectivity index (χ4v) is 5.32. The van der Waals surface area contributed by atoms with Crippen LogP contribution in [0.5, 0.6) is 0 Å². The van der Waals surface area contributed by atoms with Crippen molar-refractivity contribution in [1.82, 2.24) is 0 Å². The number of phosphoric acid groups is 1. The number of rotatable bonds is 12. The van der Waals surface area contributed by atoms with Crippen molar-refractivity contribution in [2.75, 3.05) is 19.8 Å². The molecule has 176 valence electrons. The molecule has 0 saturated heterocycles. The van der Waals surface area contributed by atoms with E-state index in [0.29, 0.717) is 19.8 Å². The van der Waals surface area contributed by atoms with E-state index in [4.69, 9.17) is 13.6 Å². The fraction of sp³-hybridized carbons (Fsp3) is 0.556. The van der Waals surface area contributed by atoms with Gasteiger partial charge in [0.1, 0.15) is 0 Å². The van der Waals surface area contributed by atoms with Crippen LogP contribution < -0.4 is 0 Å². The predicted molar refractivity (Wildman–Crippen MR) is 132 cm³/mol. The van der Waals surface area contributed by atoms with Gasteiger partial charge in [-0.05, 0) is 54.8 Å². The lowest BCUT2D eigenvalue weighted by Gasteiger charge is -2.29. The van der Waals surface area contributed by atoms with Gasteiger partial charge >= 0.3 is 7.82 Å². The summed E-state index contributed by atoms with van der Waals surface area (Å²) in [6.07, 6.45) is 30.6. The van der Waals surface area contributed by atoms with E-state index >= 15 is 0 Å². The summed E-state index contributed by atoms with van der Waals surface area (Å²) >= 11 is 0. The van der Waals surface area contributed by atoms with Crippen LogP contribution in [-0.4, -0.2) is 19.8 Å². The van der Waals surface area contributed by atoms with Crippen LogP contribution in [-0.2, 0) is 18.1 Å². The van der Waals surface area contributed by atoms with Crippen LogP contribution in [0.1, 0.15) is 59.3 Å². The normalized spacial score (nSPS) is 33.0. The Morgan fingerprint density at radius 1 is 0.594 bits per heavy atom. The molecule has 0 aromatic carbocycles. The van der Waals surface area contributed by atoms with Crippen molar-refractivity contribution in [3.8, 4) is 0 Å². The summed E-state index contributed by atoms with van der Waals surface area (Å²) in [6, 6.07) is 0. The quantitative estimate of drug-likeness (QED) is 0.279. The zero-order valence-electron chi connectivity index (χ0n) is 19.9. The van der Waals surface area contributed by atoms with Gasteiger partial charge in [0, 0.05) is 0 Å². The van der Waals surface area contributed by atoms with E-state index in [9.17, 15) is 4.57 Å². The average Bonchev–Trinajstić information content (AvgIpc) is 2.75. The van der Waals surface area contributed by atoms with E-state index in [2.05, 4.69) is 93.7 Å². The zero-order chi connectivity index (χ0) is 23.0. The Balaban J connectivity index is 1.53. The first kappa shape index (κ1) is 25.2. The van der Waals surface area contributed by atoms with E-state index in [0.717, 1.165) is 38.5 Å². The van der Waals surface area contributed by atoms with Crippen LogP contribution in [0.25, 0.3) is 0 Å². The second-order valence-electron chi connectivity index (χ2n) is 10.1. The molecule has 0 bridgehead atoms. The van der Waals surface area contributed by atoms with Gasteiger partial charge in [0.05, 0.1) is 19.8 Å². The minimum absolute atomic E-state index is 0.0129. The van der Waals surface area contributed by atoms with Crippen molar-refractivity contribution in [1.29, 1.82) is 0 Å². The van der Waals surface area contributed by atoms with Crippen LogP contribution in [0.2, 0.25) is 0 Å². The third-order valence-corrected chi connectivity index (χ3v) is 8.25. The topological polar surface area (TPSA) is 44.8 Å². The van der Waals surface area contributed by atoms with Crippen LogP contribution in [0, 0.1) is 16.2 Å². The molecule has 0 heterocycles. The summed E-state index contributed by atoms with van der Waals surface area (Å²) in [5.41, 5.74) is 0.0387. The third-order valence-electron chi connectivity index (χ3n) is 6.76. The molecule has 0 fully saturated rings. The Morgan fingerprint density at radius 2 is 0.906 bits per heavy atom. The Labute approximate surface area is 194 Å². The molecule has 0 radical (unpaired) electrons. The Kier molecular flexibility index (Phi) is 8.75. The van der Waals surface area contributed by atoms with E-state index < -0.39 is 7.82 Å². The molecular formula is C27H39O4P. The molecule has 3 aliphatic carbocycles. The summed E-state index contributed by atoms with van der Waals surface area (Å²) in [5, 5.41) is 0. The lowest BCUT2D eigenvalue weighted by atomic mass is 9.81. The Hall–Kier alpha value is -1.45. The van der Waals surface area contributed by atoms with Gasteiger partial charge in [-0.2, -0.15) is 0 Å². The third kappa shape index (κ3) is 7.85. The van der Waals surface area contributed by atoms with Crippen molar-refractivity contribution in [3.05, 3.63) is 72.9 Å². The van der Waals surface area contributed by atoms with Crippen molar-refractivity contribution in [2.24, 2.45) is 16.2 Å². The highest BCUT2D eigenvalue weighted by Crippen LogP contribution is 2.51. The zero-order valence-corrected chi connectivity index (χ0v) is 20.8. The maximum Gasteiger partial charge on any atom is 0.474 e. The number of hydrogen-bond acceptors (Lipinski definition) is 4. The van der Waals surface area contributed by atoms with Crippen molar-refractivity contribution in [2.45, 2.75) is 59.3 Å². The number of hydrogen-bond donors (Lipinski definition) is 0. The molecule has 0 spiro atoms. The molecule has 3 atom stereocenters. The van der Waals surface area contributed by atoms with Crippen molar-refractivity contribution in [3.63, 3.8) is 0 Å². The van der Waals surface area contributed by atoms with Crippen LogP contribution in [0.4, 0.5) is 0 Å². The van der Waals surface area contributed by atoms with Gasteiger partial charge in [-0.25, -0.2) is 4.57 Å². The number of allylic oxidation sites excluding steroid dienone is 12. The first-order valence-electron chi connectivity index (χ1n) is 11.8. The van der Waals surface area contributed by atoms with Crippen LogP contribution in [0.3, 0.4) is 0 Å². The highest BCUT2D eigenvalue weighted by molar-refractivity contribution is 7.48. The summed E-state index contributed by atoms with van der Waals surface area (Å²) in [5.74, 6) is 0. The highest BCUT2D eigenvalue weighted by Gasteiger charge is 2.32. The lowest BCUT2D eigenvalue weighted by molar-refractivity contribution is 0.0906. The van der Waals surface area contributed by atoms with Crippen LogP contribution >= 0.6 is 7.82 Å². The summed E-state index contributed by atoms with van der Waals surface area (Å²) in [4.78, 5) is 0. The monoisotopic (exact) mass is 458 g/mol. The highest BCUT2D eigenvalue weighted by atomic mass is 31.2. The molecule has 0 aliphatic heterocycles. The van der Waals surface area contributed by atoms with E-state index in [1.54, 1.807) is 0 Å². The van der Waals surface area contributed by atoms with Gasteiger partial charge in [-0.15, -0.1) is 0 Å². The molecule has 0 N–H and O–H groups in total. The second-order valence-corrected chi connectivity index (χ2v) is 11.8. The summed E-state index contributed by atoms with van der Waals surface area (Å²) in [6.45, 7) is 7.59.